The van der Waals surface area contributed by atoms with Crippen LogP contribution in [0.1, 0.15) is 32.1 Å². The molecule has 0 aromatic carbocycles. The van der Waals surface area contributed by atoms with E-state index in [-0.39, 0.29) is 0 Å². The maximum atomic E-state index is 3.66. The molecule has 0 N–H and O–H groups in total. The Balaban J connectivity index is 2.90. The molecule has 0 heterocycles. The van der Waals surface area contributed by atoms with Gasteiger partial charge in [0.2, 0.25) is 0 Å². The van der Waals surface area contributed by atoms with Gasteiger partial charge in [0.1, 0.15) is 0 Å². The number of hydrogen-bond donors (Lipinski definition) is 0. The summed E-state index contributed by atoms with van der Waals surface area (Å²) in [6.07, 6.45) is 10.1. The summed E-state index contributed by atoms with van der Waals surface area (Å²) >= 11 is 0. The van der Waals surface area contributed by atoms with E-state index in [0.717, 1.165) is 12.8 Å². The van der Waals surface area contributed by atoms with Crippen molar-refractivity contribution >= 4 is 0 Å². The van der Waals surface area contributed by atoms with Crippen molar-refractivity contribution in [2.75, 3.05) is 0 Å². The highest BCUT2D eigenvalue weighted by Crippen LogP contribution is 2.02. The summed E-state index contributed by atoms with van der Waals surface area (Å²) in [4.78, 5) is 0. The van der Waals surface area contributed by atoms with Crippen molar-refractivity contribution in [3.8, 4) is 0 Å². The van der Waals surface area contributed by atoms with Gasteiger partial charge in [0.15, 0.2) is 0 Å². The number of unbranched alkanes of at least 4 members (excludes halogenated alkanes) is 4. The van der Waals surface area contributed by atoms with Crippen molar-refractivity contribution < 1.29 is 0 Å². The van der Waals surface area contributed by atoms with Crippen LogP contribution < -0.4 is 0 Å². The van der Waals surface area contributed by atoms with Crippen LogP contribution in [0.25, 0.3) is 0 Å². The fourth-order valence-corrected chi connectivity index (χ4v) is 0.814. The molecule has 0 nitrogen and oxygen atoms in total. The van der Waals surface area contributed by atoms with Crippen LogP contribution in [0.3, 0.4) is 0 Å². The van der Waals surface area contributed by atoms with Crippen LogP contribution in [0.5, 0.6) is 0 Å². The maximum Gasteiger partial charge on any atom is -0.0275 e. The first kappa shape index (κ1) is 9.26. The topological polar surface area (TPSA) is 0 Å². The van der Waals surface area contributed by atoms with Gasteiger partial charge in [-0.25, -0.2) is 0 Å². The quantitative estimate of drug-likeness (QED) is 0.298. The largest absolute Gasteiger partial charge is 0.133 e. The van der Waals surface area contributed by atoms with Crippen LogP contribution in [0, 0.1) is 0 Å². The number of hydrogen-bond acceptors (Lipinski definition) is 0. The van der Waals surface area contributed by atoms with Crippen molar-refractivity contribution in [2.45, 2.75) is 32.1 Å². The average molecular weight is 136 g/mol. The van der Waals surface area contributed by atoms with E-state index in [0.29, 0.717) is 0 Å². The summed E-state index contributed by atoms with van der Waals surface area (Å²) in [5.41, 5.74) is 2.76. The minimum atomic E-state index is 1.13. The summed E-state index contributed by atoms with van der Waals surface area (Å²) in [5.74, 6) is 0. The van der Waals surface area contributed by atoms with Gasteiger partial charge in [-0.2, -0.15) is 0 Å². The first-order valence-corrected chi connectivity index (χ1v) is 3.87. The van der Waals surface area contributed by atoms with E-state index in [1.54, 1.807) is 0 Å². The smallest absolute Gasteiger partial charge is 0.0275 e. The molecule has 0 heteroatoms. The maximum absolute atomic E-state index is 3.66. The molecule has 0 aliphatic carbocycles. The van der Waals surface area contributed by atoms with E-state index < -0.39 is 0 Å². The molecule has 0 spiro atoms. The molecule has 56 valence electrons. The minimum Gasteiger partial charge on any atom is -0.133 e. The molecule has 0 aromatic rings. The van der Waals surface area contributed by atoms with Crippen molar-refractivity contribution in [3.05, 3.63) is 31.0 Å². The second kappa shape index (κ2) is 8.26. The Labute approximate surface area is 64.0 Å². The number of allylic oxidation sites excluding steroid dienone is 2. The van der Waals surface area contributed by atoms with E-state index in [1.165, 1.54) is 19.3 Å². The van der Waals surface area contributed by atoms with Crippen molar-refractivity contribution in [1.82, 2.24) is 0 Å². The van der Waals surface area contributed by atoms with Crippen LogP contribution >= 0.6 is 0 Å². The lowest BCUT2D eigenvalue weighted by atomic mass is 10.1. The number of rotatable bonds is 6. The summed E-state index contributed by atoms with van der Waals surface area (Å²) in [6.45, 7) is 7.16. The lowest BCUT2D eigenvalue weighted by Crippen LogP contribution is -1.73. The first-order chi connectivity index (χ1) is 4.91. The molecule has 0 aliphatic rings. The van der Waals surface area contributed by atoms with Gasteiger partial charge in [0.25, 0.3) is 0 Å². The van der Waals surface area contributed by atoms with Gasteiger partial charge in [-0.1, -0.05) is 19.1 Å². The average Bonchev–Trinajstić information content (AvgIpc) is 1.97. The van der Waals surface area contributed by atoms with Crippen LogP contribution in [0.15, 0.2) is 31.0 Å². The standard InChI is InChI=1S/C10H16/c1-3-5-7-9-10-8-6-4-2/h3,6H,1-2,5,7-10H2. The predicted octanol–water partition coefficient (Wildman–Crippen LogP) is 3.46. The Morgan fingerprint density at radius 3 is 2.40 bits per heavy atom. The second-order valence-corrected chi connectivity index (χ2v) is 2.33. The second-order valence-electron chi connectivity index (χ2n) is 2.33. The van der Waals surface area contributed by atoms with Gasteiger partial charge in [-0.3, -0.25) is 0 Å². The zero-order valence-corrected chi connectivity index (χ0v) is 6.60. The minimum absolute atomic E-state index is 1.13. The highest BCUT2D eigenvalue weighted by atomic mass is 13.9. The molecule has 0 saturated carbocycles. The lowest BCUT2D eigenvalue weighted by molar-refractivity contribution is 0.697. The zero-order chi connectivity index (χ0) is 7.66. The SMILES string of the molecule is C=C=CCCCCCC=C. The van der Waals surface area contributed by atoms with Crippen LogP contribution in [0.2, 0.25) is 0 Å². The van der Waals surface area contributed by atoms with E-state index in [4.69, 9.17) is 0 Å². The molecule has 0 bridgehead atoms. The summed E-state index contributed by atoms with van der Waals surface area (Å²) in [5, 5.41) is 0. The third-order valence-corrected chi connectivity index (χ3v) is 1.40. The predicted molar refractivity (Wildman–Crippen MR) is 47.0 cm³/mol. The molecule has 0 unspecified atom stereocenters. The highest BCUT2D eigenvalue weighted by Gasteiger charge is 1.83. The monoisotopic (exact) mass is 136 g/mol. The Bertz CT molecular complexity index is 116. The van der Waals surface area contributed by atoms with E-state index in [9.17, 15) is 0 Å². The first-order valence-electron chi connectivity index (χ1n) is 3.87. The summed E-state index contributed by atoms with van der Waals surface area (Å²) < 4.78 is 0. The van der Waals surface area contributed by atoms with Gasteiger partial charge in [-0.05, 0) is 31.8 Å². The van der Waals surface area contributed by atoms with Gasteiger partial charge in [0.05, 0.1) is 0 Å². The summed E-state index contributed by atoms with van der Waals surface area (Å²) in [7, 11) is 0. The fraction of sp³-hybridized carbons (Fsp3) is 0.500. The van der Waals surface area contributed by atoms with Crippen LogP contribution in [0.4, 0.5) is 0 Å². The highest BCUT2D eigenvalue weighted by molar-refractivity contribution is 4.75. The molecule has 0 radical (unpaired) electrons. The van der Waals surface area contributed by atoms with Crippen LogP contribution in [-0.4, -0.2) is 0 Å². The molecular weight excluding hydrogens is 120 g/mol. The Hall–Kier alpha value is -0.740. The lowest BCUT2D eigenvalue weighted by Gasteiger charge is -1.92. The molecule has 0 aromatic heterocycles. The molecule has 0 rings (SSSR count). The Kier molecular flexibility index (Phi) is 7.65. The van der Waals surface area contributed by atoms with E-state index in [1.807, 2.05) is 12.2 Å². The van der Waals surface area contributed by atoms with Crippen molar-refractivity contribution in [1.29, 1.82) is 0 Å². The zero-order valence-electron chi connectivity index (χ0n) is 6.60. The van der Waals surface area contributed by atoms with E-state index in [2.05, 4.69) is 18.9 Å². The van der Waals surface area contributed by atoms with E-state index >= 15 is 0 Å². The summed E-state index contributed by atoms with van der Waals surface area (Å²) in [6, 6.07) is 0. The molecule has 0 amide bonds. The van der Waals surface area contributed by atoms with Gasteiger partial charge < -0.3 is 0 Å². The Morgan fingerprint density at radius 1 is 1.10 bits per heavy atom. The van der Waals surface area contributed by atoms with Crippen molar-refractivity contribution in [2.24, 2.45) is 0 Å². The van der Waals surface area contributed by atoms with Gasteiger partial charge >= 0.3 is 0 Å². The molecule has 0 atom stereocenters. The molecule has 0 aliphatic heterocycles. The molecule has 10 heavy (non-hydrogen) atoms. The Morgan fingerprint density at radius 2 is 1.80 bits per heavy atom. The van der Waals surface area contributed by atoms with Gasteiger partial charge in [-0.15, -0.1) is 12.3 Å². The molecule has 0 fully saturated rings. The van der Waals surface area contributed by atoms with Gasteiger partial charge in [0, 0.05) is 0 Å². The molecular formula is C10H16. The van der Waals surface area contributed by atoms with Crippen molar-refractivity contribution in [3.63, 3.8) is 0 Å². The van der Waals surface area contributed by atoms with Crippen LogP contribution in [-0.2, 0) is 0 Å². The molecule has 0 saturated heterocycles. The third-order valence-electron chi connectivity index (χ3n) is 1.40. The fourth-order valence-electron chi connectivity index (χ4n) is 0.814. The third kappa shape index (κ3) is 7.26. The normalized spacial score (nSPS) is 8.40.